The normalized spacial score (nSPS) is 12.6. The van der Waals surface area contributed by atoms with Crippen LogP contribution in [0.15, 0.2) is 68.9 Å². The van der Waals surface area contributed by atoms with E-state index in [2.05, 4.69) is 20.7 Å². The maximum atomic E-state index is 12.8. The van der Waals surface area contributed by atoms with E-state index in [9.17, 15) is 22.5 Å². The van der Waals surface area contributed by atoms with Crippen molar-refractivity contribution in [1.29, 1.82) is 0 Å². The molecule has 0 aliphatic carbocycles. The van der Waals surface area contributed by atoms with Crippen molar-refractivity contribution >= 4 is 59.1 Å². The van der Waals surface area contributed by atoms with Crippen molar-refractivity contribution in [3.8, 4) is 5.75 Å². The van der Waals surface area contributed by atoms with Crippen molar-refractivity contribution in [2.45, 2.75) is 9.79 Å². The lowest BCUT2D eigenvalue weighted by atomic mass is 10.1. The molecule has 7 nitrogen and oxygen atoms in total. The summed E-state index contributed by atoms with van der Waals surface area (Å²) < 4.78 is 41.1. The zero-order valence-electron chi connectivity index (χ0n) is 14.3. The highest BCUT2D eigenvalue weighted by Gasteiger charge is 2.21. The number of aromatic hydroxyl groups is 1. The third kappa shape index (κ3) is 4.18. The van der Waals surface area contributed by atoms with Gasteiger partial charge in [0, 0.05) is 15.2 Å². The number of rotatable bonds is 6. The first-order chi connectivity index (χ1) is 13.2. The van der Waals surface area contributed by atoms with E-state index in [1.54, 1.807) is 36.4 Å². The van der Waals surface area contributed by atoms with Crippen LogP contribution in [0.4, 0.5) is 5.69 Å². The molecule has 0 aliphatic rings. The molecule has 1 atom stereocenters. The predicted octanol–water partition coefficient (Wildman–Crippen LogP) is 2.70. The van der Waals surface area contributed by atoms with E-state index < -0.39 is 32.5 Å². The SMILES string of the molecule is NC(=O)CS(=O)c1cc(NS(=O)(=O)c2ccc(Br)cc2)c2ccccc2c1O. The van der Waals surface area contributed by atoms with E-state index in [-0.39, 0.29) is 21.2 Å². The molecular formula is C18H15BrN2O5S2. The number of nitrogens with one attached hydrogen (secondary N) is 1. The molecule has 1 unspecified atom stereocenters. The summed E-state index contributed by atoms with van der Waals surface area (Å²) in [6.07, 6.45) is 0. The van der Waals surface area contributed by atoms with Gasteiger partial charge in [0.1, 0.15) is 11.5 Å². The number of hydrogen-bond donors (Lipinski definition) is 3. The van der Waals surface area contributed by atoms with Gasteiger partial charge in [0.2, 0.25) is 5.91 Å². The zero-order valence-corrected chi connectivity index (χ0v) is 17.5. The Hall–Kier alpha value is -2.43. The Morgan fingerprint density at radius 3 is 2.32 bits per heavy atom. The maximum absolute atomic E-state index is 12.8. The Morgan fingerprint density at radius 2 is 1.71 bits per heavy atom. The molecule has 3 aromatic carbocycles. The molecule has 0 saturated carbocycles. The third-order valence-electron chi connectivity index (χ3n) is 3.87. The second kappa shape index (κ2) is 7.90. The standard InChI is InChI=1S/C18H15BrN2O5S2/c19-11-5-7-12(8-6-11)28(25,26)21-15-9-16(27(24)10-17(20)22)18(23)14-4-2-1-3-13(14)15/h1-9,21,23H,10H2,(H2,20,22). The fourth-order valence-electron chi connectivity index (χ4n) is 2.62. The Bertz CT molecular complexity index is 1190. The van der Waals surface area contributed by atoms with E-state index in [0.717, 1.165) is 4.47 Å². The van der Waals surface area contributed by atoms with Crippen molar-refractivity contribution in [2.24, 2.45) is 5.73 Å². The highest BCUT2D eigenvalue weighted by molar-refractivity contribution is 9.10. The van der Waals surface area contributed by atoms with Gasteiger partial charge in [-0.15, -0.1) is 0 Å². The molecule has 28 heavy (non-hydrogen) atoms. The number of halogens is 1. The number of nitrogens with two attached hydrogens (primary N) is 1. The first-order valence-corrected chi connectivity index (χ1v) is 11.5. The number of sulfonamides is 1. The zero-order chi connectivity index (χ0) is 20.5. The molecule has 0 aromatic heterocycles. The van der Waals surface area contributed by atoms with E-state index >= 15 is 0 Å². The van der Waals surface area contributed by atoms with E-state index in [4.69, 9.17) is 5.73 Å². The minimum Gasteiger partial charge on any atom is -0.506 e. The summed E-state index contributed by atoms with van der Waals surface area (Å²) in [7, 11) is -5.88. The van der Waals surface area contributed by atoms with Crippen molar-refractivity contribution in [3.05, 3.63) is 59.1 Å². The fourth-order valence-corrected chi connectivity index (χ4v) is 4.94. The van der Waals surface area contributed by atoms with E-state index in [0.29, 0.717) is 10.8 Å². The summed E-state index contributed by atoms with van der Waals surface area (Å²) >= 11 is 3.25. The number of benzene rings is 3. The summed E-state index contributed by atoms with van der Waals surface area (Å²) in [6.45, 7) is 0. The number of amides is 1. The molecule has 0 fully saturated rings. The Kier molecular flexibility index (Phi) is 5.73. The molecule has 1 amide bonds. The number of hydrogen-bond acceptors (Lipinski definition) is 5. The lowest BCUT2D eigenvalue weighted by Crippen LogP contribution is -2.19. The van der Waals surface area contributed by atoms with Crippen LogP contribution in [-0.4, -0.2) is 29.4 Å². The Balaban J connectivity index is 2.14. The Labute approximate surface area is 172 Å². The first-order valence-electron chi connectivity index (χ1n) is 7.89. The number of phenolic OH excluding ortho intramolecular Hbond substituents is 1. The van der Waals surface area contributed by atoms with Crippen LogP contribution < -0.4 is 10.5 Å². The molecule has 0 bridgehead atoms. The lowest BCUT2D eigenvalue weighted by molar-refractivity contribution is -0.115. The molecule has 0 saturated heterocycles. The van der Waals surface area contributed by atoms with Gasteiger partial charge in [0.05, 0.1) is 26.3 Å². The van der Waals surface area contributed by atoms with Gasteiger partial charge < -0.3 is 10.8 Å². The number of phenols is 1. The van der Waals surface area contributed by atoms with Gasteiger partial charge in [-0.1, -0.05) is 40.2 Å². The van der Waals surface area contributed by atoms with E-state index in [1.165, 1.54) is 18.2 Å². The van der Waals surface area contributed by atoms with Crippen LogP contribution >= 0.6 is 15.9 Å². The number of anilines is 1. The summed E-state index contributed by atoms with van der Waals surface area (Å²) in [5.74, 6) is -1.59. The van der Waals surface area contributed by atoms with Gasteiger partial charge in [-0.2, -0.15) is 0 Å². The third-order valence-corrected chi connectivity index (χ3v) is 7.13. The van der Waals surface area contributed by atoms with Crippen LogP contribution in [0.5, 0.6) is 5.75 Å². The average Bonchev–Trinajstić information content (AvgIpc) is 2.63. The van der Waals surface area contributed by atoms with Crippen LogP contribution in [0.2, 0.25) is 0 Å². The Morgan fingerprint density at radius 1 is 1.11 bits per heavy atom. The molecule has 3 rings (SSSR count). The highest BCUT2D eigenvalue weighted by atomic mass is 79.9. The van der Waals surface area contributed by atoms with Crippen LogP contribution in [0.1, 0.15) is 0 Å². The largest absolute Gasteiger partial charge is 0.506 e. The van der Waals surface area contributed by atoms with Gasteiger partial charge in [-0.05, 0) is 30.3 Å². The molecular weight excluding hydrogens is 468 g/mol. The number of carbonyl (C=O) groups excluding carboxylic acids is 1. The van der Waals surface area contributed by atoms with Gasteiger partial charge >= 0.3 is 0 Å². The van der Waals surface area contributed by atoms with Crippen LogP contribution in [0.3, 0.4) is 0 Å². The molecule has 0 radical (unpaired) electrons. The lowest BCUT2D eigenvalue weighted by Gasteiger charge is -2.14. The molecule has 10 heteroatoms. The van der Waals surface area contributed by atoms with Gasteiger partial charge in [0.25, 0.3) is 10.0 Å². The topological polar surface area (TPSA) is 127 Å². The van der Waals surface area contributed by atoms with Crippen LogP contribution in [0, 0.1) is 0 Å². The maximum Gasteiger partial charge on any atom is 0.261 e. The number of fused-ring (bicyclic) bond motifs is 1. The van der Waals surface area contributed by atoms with Crippen LogP contribution in [-0.2, 0) is 25.6 Å². The summed E-state index contributed by atoms with van der Waals surface area (Å²) in [5, 5.41) is 11.2. The van der Waals surface area contributed by atoms with Gasteiger partial charge in [-0.3, -0.25) is 13.7 Å². The molecule has 0 heterocycles. The predicted molar refractivity (Wildman–Crippen MR) is 111 cm³/mol. The van der Waals surface area contributed by atoms with Crippen molar-refractivity contribution in [3.63, 3.8) is 0 Å². The minimum absolute atomic E-state index is 0.0349. The second-order valence-corrected chi connectivity index (χ2v) is 9.85. The average molecular weight is 483 g/mol. The van der Waals surface area contributed by atoms with E-state index in [1.807, 2.05) is 0 Å². The summed E-state index contributed by atoms with van der Waals surface area (Å²) in [4.78, 5) is 11.1. The van der Waals surface area contributed by atoms with Crippen molar-refractivity contribution < 1.29 is 22.5 Å². The van der Waals surface area contributed by atoms with Crippen molar-refractivity contribution in [2.75, 3.05) is 10.5 Å². The number of primary amides is 1. The van der Waals surface area contributed by atoms with Gasteiger partial charge in [-0.25, -0.2) is 8.42 Å². The molecule has 146 valence electrons. The minimum atomic E-state index is -3.94. The molecule has 0 spiro atoms. The van der Waals surface area contributed by atoms with Crippen LogP contribution in [0.25, 0.3) is 10.8 Å². The quantitative estimate of drug-likeness (QED) is 0.465. The number of carbonyl (C=O) groups is 1. The molecule has 4 N–H and O–H groups in total. The molecule has 0 aliphatic heterocycles. The second-order valence-electron chi connectivity index (χ2n) is 5.83. The monoisotopic (exact) mass is 482 g/mol. The van der Waals surface area contributed by atoms with Crippen molar-refractivity contribution in [1.82, 2.24) is 0 Å². The first kappa shape index (κ1) is 20.3. The molecule has 3 aromatic rings. The summed E-state index contributed by atoms with van der Waals surface area (Å²) in [5.41, 5.74) is 5.22. The fraction of sp³-hybridized carbons (Fsp3) is 0.0556. The highest BCUT2D eigenvalue weighted by Crippen LogP contribution is 2.37. The smallest absolute Gasteiger partial charge is 0.261 e. The van der Waals surface area contributed by atoms with Gasteiger partial charge in [0.15, 0.2) is 0 Å². The summed E-state index contributed by atoms with van der Waals surface area (Å²) in [6, 6.07) is 13.8.